The van der Waals surface area contributed by atoms with E-state index in [0.29, 0.717) is 0 Å². The van der Waals surface area contributed by atoms with Gasteiger partial charge in [0.2, 0.25) is 0 Å². The predicted molar refractivity (Wildman–Crippen MR) is 96.1 cm³/mol. The lowest BCUT2D eigenvalue weighted by Gasteiger charge is -2.23. The SMILES string of the molecule is CCCCN1C(=O)S/C(=C\c2ccccc2)C1c1ccsc1. The van der Waals surface area contributed by atoms with Gasteiger partial charge in [-0.3, -0.25) is 4.79 Å². The minimum atomic E-state index is 0.0792. The van der Waals surface area contributed by atoms with Crippen molar-refractivity contribution in [3.63, 3.8) is 0 Å². The van der Waals surface area contributed by atoms with Crippen molar-refractivity contribution in [3.05, 3.63) is 63.2 Å². The Balaban J connectivity index is 1.95. The van der Waals surface area contributed by atoms with Crippen LogP contribution in [0.3, 0.4) is 0 Å². The molecule has 1 unspecified atom stereocenters. The number of thiophene rings is 1. The van der Waals surface area contributed by atoms with Gasteiger partial charge < -0.3 is 4.90 Å². The first-order valence-corrected chi connectivity index (χ1v) is 9.32. The number of rotatable bonds is 5. The number of hydrogen-bond donors (Lipinski definition) is 0. The molecule has 1 aliphatic heterocycles. The largest absolute Gasteiger partial charge is 0.322 e. The summed E-state index contributed by atoms with van der Waals surface area (Å²) >= 11 is 3.07. The molecule has 0 aliphatic carbocycles. The van der Waals surface area contributed by atoms with Crippen molar-refractivity contribution in [3.8, 4) is 0 Å². The van der Waals surface area contributed by atoms with Crippen LogP contribution in [0.25, 0.3) is 6.08 Å². The maximum Gasteiger partial charge on any atom is 0.287 e. The molecule has 1 saturated heterocycles. The van der Waals surface area contributed by atoms with Crippen LogP contribution in [0.4, 0.5) is 4.79 Å². The van der Waals surface area contributed by atoms with Gasteiger partial charge in [0.15, 0.2) is 0 Å². The Kier molecular flexibility index (Phi) is 5.01. The lowest BCUT2D eigenvalue weighted by atomic mass is 10.1. The monoisotopic (exact) mass is 329 g/mol. The molecule has 22 heavy (non-hydrogen) atoms. The lowest BCUT2D eigenvalue weighted by molar-refractivity contribution is 0.214. The van der Waals surface area contributed by atoms with E-state index >= 15 is 0 Å². The molecule has 3 rings (SSSR count). The minimum Gasteiger partial charge on any atom is -0.322 e. The molecule has 0 N–H and O–H groups in total. The van der Waals surface area contributed by atoms with E-state index in [0.717, 1.165) is 29.9 Å². The summed E-state index contributed by atoms with van der Waals surface area (Å²) in [7, 11) is 0. The number of carbonyl (C=O) groups is 1. The van der Waals surface area contributed by atoms with Gasteiger partial charge in [-0.05, 0) is 52.2 Å². The van der Waals surface area contributed by atoms with Crippen molar-refractivity contribution in [1.29, 1.82) is 0 Å². The molecule has 0 radical (unpaired) electrons. The Morgan fingerprint density at radius 2 is 2.05 bits per heavy atom. The van der Waals surface area contributed by atoms with E-state index in [-0.39, 0.29) is 11.3 Å². The summed E-state index contributed by atoms with van der Waals surface area (Å²) in [6.45, 7) is 2.99. The normalized spacial score (nSPS) is 20.0. The van der Waals surface area contributed by atoms with Crippen molar-refractivity contribution >= 4 is 34.4 Å². The fourth-order valence-corrected chi connectivity index (χ4v) is 4.38. The molecule has 114 valence electrons. The van der Waals surface area contributed by atoms with Crippen LogP contribution in [0.15, 0.2) is 52.1 Å². The third-order valence-corrected chi connectivity index (χ3v) is 5.43. The van der Waals surface area contributed by atoms with E-state index in [9.17, 15) is 4.79 Å². The van der Waals surface area contributed by atoms with E-state index in [1.807, 2.05) is 23.1 Å². The molecule has 1 amide bonds. The number of hydrogen-bond acceptors (Lipinski definition) is 3. The van der Waals surface area contributed by atoms with E-state index in [4.69, 9.17) is 0 Å². The van der Waals surface area contributed by atoms with E-state index < -0.39 is 0 Å². The molecule has 1 atom stereocenters. The highest BCUT2D eigenvalue weighted by molar-refractivity contribution is 8.17. The lowest BCUT2D eigenvalue weighted by Crippen LogP contribution is -2.27. The van der Waals surface area contributed by atoms with Gasteiger partial charge in [-0.1, -0.05) is 43.7 Å². The smallest absolute Gasteiger partial charge is 0.287 e. The van der Waals surface area contributed by atoms with Gasteiger partial charge in [0.05, 0.1) is 6.04 Å². The van der Waals surface area contributed by atoms with Crippen molar-refractivity contribution in [2.24, 2.45) is 0 Å². The van der Waals surface area contributed by atoms with Gasteiger partial charge in [0, 0.05) is 11.4 Å². The van der Waals surface area contributed by atoms with Gasteiger partial charge in [-0.25, -0.2) is 0 Å². The highest BCUT2D eigenvalue weighted by Gasteiger charge is 2.37. The second-order valence-corrected chi connectivity index (χ2v) is 7.14. The summed E-state index contributed by atoms with van der Waals surface area (Å²) in [5, 5.41) is 4.41. The summed E-state index contributed by atoms with van der Waals surface area (Å²) < 4.78 is 0. The molecule has 2 aromatic rings. The Labute approximate surface area is 139 Å². The highest BCUT2D eigenvalue weighted by Crippen LogP contribution is 2.46. The first-order chi connectivity index (χ1) is 10.8. The first-order valence-electron chi connectivity index (χ1n) is 7.56. The molecule has 1 aromatic heterocycles. The van der Waals surface area contributed by atoms with Crippen molar-refractivity contribution in [2.45, 2.75) is 25.8 Å². The van der Waals surface area contributed by atoms with Crippen molar-refractivity contribution < 1.29 is 4.79 Å². The first kappa shape index (κ1) is 15.4. The topological polar surface area (TPSA) is 20.3 Å². The van der Waals surface area contributed by atoms with Gasteiger partial charge in [-0.15, -0.1) is 0 Å². The summed E-state index contributed by atoms with van der Waals surface area (Å²) in [5.74, 6) is 0. The zero-order chi connectivity index (χ0) is 15.4. The zero-order valence-corrected chi connectivity index (χ0v) is 14.2. The summed E-state index contributed by atoms with van der Waals surface area (Å²) in [6, 6.07) is 12.4. The average molecular weight is 329 g/mol. The van der Waals surface area contributed by atoms with Gasteiger partial charge in [0.25, 0.3) is 5.24 Å². The van der Waals surface area contributed by atoms with E-state index in [1.165, 1.54) is 17.3 Å². The number of amides is 1. The molecule has 1 fully saturated rings. The number of thioether (sulfide) groups is 1. The van der Waals surface area contributed by atoms with Gasteiger partial charge >= 0.3 is 0 Å². The number of benzene rings is 1. The minimum absolute atomic E-state index is 0.0792. The molecule has 0 saturated carbocycles. The molecule has 0 bridgehead atoms. The van der Waals surface area contributed by atoms with Crippen LogP contribution in [0.5, 0.6) is 0 Å². The summed E-state index contributed by atoms with van der Waals surface area (Å²) in [6.07, 6.45) is 4.30. The van der Waals surface area contributed by atoms with E-state index in [2.05, 4.69) is 42.0 Å². The third kappa shape index (κ3) is 3.28. The maximum absolute atomic E-state index is 12.4. The van der Waals surface area contributed by atoms with Crippen LogP contribution in [0, 0.1) is 0 Å². The Morgan fingerprint density at radius 1 is 1.23 bits per heavy atom. The molecule has 0 spiro atoms. The number of carbonyl (C=O) groups excluding carboxylic acids is 1. The van der Waals surface area contributed by atoms with Gasteiger partial charge in [-0.2, -0.15) is 11.3 Å². The molecule has 1 aromatic carbocycles. The number of unbranched alkanes of at least 4 members (excludes halogenated alkanes) is 1. The second kappa shape index (κ2) is 7.16. The van der Waals surface area contributed by atoms with Crippen molar-refractivity contribution in [2.75, 3.05) is 6.54 Å². The predicted octanol–water partition coefficient (Wildman–Crippen LogP) is 5.80. The summed E-state index contributed by atoms with van der Waals surface area (Å²) in [5.41, 5.74) is 2.37. The maximum atomic E-state index is 12.4. The molecular formula is C18H19NOS2. The second-order valence-electron chi connectivity index (χ2n) is 5.33. The van der Waals surface area contributed by atoms with Crippen LogP contribution in [0.2, 0.25) is 0 Å². The van der Waals surface area contributed by atoms with Crippen LogP contribution < -0.4 is 0 Å². The third-order valence-electron chi connectivity index (χ3n) is 3.74. The molecule has 4 heteroatoms. The Bertz CT molecular complexity index is 649. The summed E-state index contributed by atoms with van der Waals surface area (Å²) in [4.78, 5) is 15.6. The Morgan fingerprint density at radius 3 is 2.73 bits per heavy atom. The molecule has 1 aliphatic rings. The highest BCUT2D eigenvalue weighted by atomic mass is 32.2. The molecular weight excluding hydrogens is 310 g/mol. The molecule has 2 nitrogen and oxygen atoms in total. The van der Waals surface area contributed by atoms with E-state index in [1.54, 1.807) is 11.3 Å². The molecule has 2 heterocycles. The number of nitrogens with zero attached hydrogens (tertiary/aromatic N) is 1. The van der Waals surface area contributed by atoms with Crippen molar-refractivity contribution in [1.82, 2.24) is 4.90 Å². The average Bonchev–Trinajstić information content (AvgIpc) is 3.14. The van der Waals surface area contributed by atoms with Crippen LogP contribution in [-0.2, 0) is 0 Å². The standard InChI is InChI=1S/C18H19NOS2/c1-2-3-10-19-17(15-9-11-21-13-15)16(22-18(19)20)12-14-7-5-4-6-8-14/h4-9,11-13,17H,2-3,10H2,1H3/b16-12-. The fourth-order valence-electron chi connectivity index (χ4n) is 2.62. The zero-order valence-electron chi connectivity index (χ0n) is 12.6. The fraction of sp³-hybridized carbons (Fsp3) is 0.278. The van der Waals surface area contributed by atoms with Crippen LogP contribution in [-0.4, -0.2) is 16.7 Å². The Hall–Kier alpha value is -1.52. The van der Waals surface area contributed by atoms with Crippen LogP contribution in [0.1, 0.15) is 36.9 Å². The quantitative estimate of drug-likeness (QED) is 0.691. The van der Waals surface area contributed by atoms with Crippen LogP contribution >= 0.6 is 23.1 Å². The van der Waals surface area contributed by atoms with Gasteiger partial charge in [0.1, 0.15) is 0 Å².